The van der Waals surface area contributed by atoms with Gasteiger partial charge in [-0.2, -0.15) is 0 Å². The van der Waals surface area contributed by atoms with Crippen LogP contribution in [0.25, 0.3) is 10.9 Å². The Labute approximate surface area is 81.4 Å². The van der Waals surface area contributed by atoms with Crippen molar-refractivity contribution in [3.05, 3.63) is 40.9 Å². The molecule has 0 saturated heterocycles. The van der Waals surface area contributed by atoms with Gasteiger partial charge in [0.15, 0.2) is 0 Å². The average molecular weight is 189 g/mol. The highest BCUT2D eigenvalue weighted by molar-refractivity contribution is 5.76. The van der Waals surface area contributed by atoms with E-state index in [1.807, 2.05) is 18.2 Å². The first kappa shape index (κ1) is 8.74. The number of aromatic nitrogens is 2. The standard InChI is InChI=1S/C10H11N3O/c1-12(2)13-7-11-9-6-4-3-5-8(9)10(13)14/h3-7H,1-2H3. The molecule has 0 radical (unpaired) electrons. The van der Waals surface area contributed by atoms with E-state index in [2.05, 4.69) is 4.98 Å². The lowest BCUT2D eigenvalue weighted by Crippen LogP contribution is -2.35. The van der Waals surface area contributed by atoms with Gasteiger partial charge in [0.2, 0.25) is 0 Å². The Morgan fingerprint density at radius 3 is 2.71 bits per heavy atom. The van der Waals surface area contributed by atoms with Gasteiger partial charge >= 0.3 is 0 Å². The third kappa shape index (κ3) is 1.25. The lowest BCUT2D eigenvalue weighted by molar-refractivity contribution is 0.691. The smallest absolute Gasteiger partial charge is 0.279 e. The Kier molecular flexibility index (Phi) is 1.96. The van der Waals surface area contributed by atoms with Crippen LogP contribution in [0.15, 0.2) is 35.4 Å². The molecule has 0 aliphatic heterocycles. The molecule has 0 spiro atoms. The normalized spacial score (nSPS) is 10.4. The van der Waals surface area contributed by atoms with E-state index in [9.17, 15) is 4.79 Å². The molecular weight excluding hydrogens is 178 g/mol. The fraction of sp³-hybridized carbons (Fsp3) is 0.200. The highest BCUT2D eigenvalue weighted by Crippen LogP contribution is 2.03. The second-order valence-corrected chi connectivity index (χ2v) is 3.26. The zero-order valence-electron chi connectivity index (χ0n) is 8.14. The quantitative estimate of drug-likeness (QED) is 0.659. The lowest BCUT2D eigenvalue weighted by Gasteiger charge is -2.14. The summed E-state index contributed by atoms with van der Waals surface area (Å²) in [6, 6.07) is 7.32. The third-order valence-electron chi connectivity index (χ3n) is 2.08. The van der Waals surface area contributed by atoms with Crippen LogP contribution in [0.5, 0.6) is 0 Å². The van der Waals surface area contributed by atoms with Gasteiger partial charge in [-0.25, -0.2) is 9.66 Å². The van der Waals surface area contributed by atoms with Gasteiger partial charge < -0.3 is 5.01 Å². The third-order valence-corrected chi connectivity index (χ3v) is 2.08. The second-order valence-electron chi connectivity index (χ2n) is 3.26. The van der Waals surface area contributed by atoms with Crippen LogP contribution in [0.3, 0.4) is 0 Å². The molecule has 1 heterocycles. The van der Waals surface area contributed by atoms with E-state index >= 15 is 0 Å². The maximum Gasteiger partial charge on any atom is 0.279 e. The Balaban J connectivity index is 2.82. The molecule has 0 fully saturated rings. The maximum absolute atomic E-state index is 11.9. The van der Waals surface area contributed by atoms with Crippen LogP contribution in [-0.2, 0) is 0 Å². The van der Waals surface area contributed by atoms with Crippen molar-refractivity contribution in [2.75, 3.05) is 19.1 Å². The van der Waals surface area contributed by atoms with Crippen LogP contribution in [0.4, 0.5) is 0 Å². The van der Waals surface area contributed by atoms with Crippen molar-refractivity contribution >= 4 is 10.9 Å². The maximum atomic E-state index is 11.9. The summed E-state index contributed by atoms with van der Waals surface area (Å²) in [7, 11) is 3.61. The topological polar surface area (TPSA) is 38.1 Å². The van der Waals surface area contributed by atoms with Crippen molar-refractivity contribution in [1.29, 1.82) is 0 Å². The molecule has 2 rings (SSSR count). The van der Waals surface area contributed by atoms with Crippen molar-refractivity contribution < 1.29 is 0 Å². The first-order valence-electron chi connectivity index (χ1n) is 4.34. The van der Waals surface area contributed by atoms with Crippen LogP contribution in [0.1, 0.15) is 0 Å². The number of hydrogen-bond donors (Lipinski definition) is 0. The predicted octanol–water partition coefficient (Wildman–Crippen LogP) is 0.594. The van der Waals surface area contributed by atoms with Crippen molar-refractivity contribution in [2.45, 2.75) is 0 Å². The SMILES string of the molecule is CN(C)n1cnc2ccccc2c1=O. The van der Waals surface area contributed by atoms with Gasteiger partial charge in [0.1, 0.15) is 6.33 Å². The van der Waals surface area contributed by atoms with Crippen molar-refractivity contribution in [3.8, 4) is 0 Å². The minimum absolute atomic E-state index is 0.0411. The molecule has 1 aromatic carbocycles. The monoisotopic (exact) mass is 189 g/mol. The summed E-state index contributed by atoms with van der Waals surface area (Å²) in [5.41, 5.74) is 0.691. The molecule has 0 aliphatic carbocycles. The number of nitrogens with zero attached hydrogens (tertiary/aromatic N) is 3. The summed E-state index contributed by atoms with van der Waals surface area (Å²) >= 11 is 0. The van der Waals surface area contributed by atoms with E-state index in [1.165, 1.54) is 11.0 Å². The molecule has 0 saturated carbocycles. The zero-order valence-corrected chi connectivity index (χ0v) is 8.14. The van der Waals surface area contributed by atoms with E-state index in [-0.39, 0.29) is 5.56 Å². The first-order chi connectivity index (χ1) is 6.70. The summed E-state index contributed by atoms with van der Waals surface area (Å²) in [6.07, 6.45) is 1.53. The molecule has 0 amide bonds. The van der Waals surface area contributed by atoms with Crippen molar-refractivity contribution in [1.82, 2.24) is 9.66 Å². The van der Waals surface area contributed by atoms with Crippen LogP contribution in [0.2, 0.25) is 0 Å². The number of benzene rings is 1. The Hall–Kier alpha value is -1.84. The molecule has 72 valence electrons. The molecule has 4 nitrogen and oxygen atoms in total. The van der Waals surface area contributed by atoms with E-state index in [0.29, 0.717) is 5.39 Å². The fourth-order valence-corrected chi connectivity index (χ4v) is 1.34. The minimum Gasteiger partial charge on any atom is -0.315 e. The fourth-order valence-electron chi connectivity index (χ4n) is 1.34. The minimum atomic E-state index is -0.0411. The molecule has 2 aromatic rings. The number of fused-ring (bicyclic) bond motifs is 1. The van der Waals surface area contributed by atoms with Gasteiger partial charge in [-0.05, 0) is 12.1 Å². The van der Waals surface area contributed by atoms with Crippen molar-refractivity contribution in [3.63, 3.8) is 0 Å². The van der Waals surface area contributed by atoms with Gasteiger partial charge in [-0.3, -0.25) is 4.79 Å². The molecular formula is C10H11N3O. The lowest BCUT2D eigenvalue weighted by atomic mass is 10.2. The summed E-state index contributed by atoms with van der Waals surface area (Å²) in [6.45, 7) is 0. The summed E-state index contributed by atoms with van der Waals surface area (Å²) in [5, 5.41) is 2.34. The van der Waals surface area contributed by atoms with Gasteiger partial charge in [0.25, 0.3) is 5.56 Å². The van der Waals surface area contributed by atoms with Crippen LogP contribution >= 0.6 is 0 Å². The number of rotatable bonds is 1. The number of hydrogen-bond acceptors (Lipinski definition) is 3. The van der Waals surface area contributed by atoms with E-state index < -0.39 is 0 Å². The summed E-state index contributed by atoms with van der Waals surface area (Å²) < 4.78 is 1.47. The highest BCUT2D eigenvalue weighted by Gasteiger charge is 2.03. The van der Waals surface area contributed by atoms with E-state index in [4.69, 9.17) is 0 Å². The Morgan fingerprint density at radius 1 is 1.29 bits per heavy atom. The highest BCUT2D eigenvalue weighted by atomic mass is 16.1. The van der Waals surface area contributed by atoms with E-state index in [1.54, 1.807) is 25.2 Å². The van der Waals surface area contributed by atoms with Gasteiger partial charge in [0.05, 0.1) is 10.9 Å². The van der Waals surface area contributed by atoms with Crippen LogP contribution in [-0.4, -0.2) is 23.8 Å². The van der Waals surface area contributed by atoms with Crippen LogP contribution in [0, 0.1) is 0 Å². The van der Waals surface area contributed by atoms with Gasteiger partial charge in [-0.15, -0.1) is 0 Å². The Morgan fingerprint density at radius 2 is 2.00 bits per heavy atom. The average Bonchev–Trinajstić information content (AvgIpc) is 2.18. The summed E-state index contributed by atoms with van der Waals surface area (Å²) in [4.78, 5) is 16.0. The molecule has 14 heavy (non-hydrogen) atoms. The van der Waals surface area contributed by atoms with Crippen molar-refractivity contribution in [2.24, 2.45) is 0 Å². The number of para-hydroxylation sites is 1. The first-order valence-corrected chi connectivity index (χ1v) is 4.34. The van der Waals surface area contributed by atoms with E-state index in [0.717, 1.165) is 5.52 Å². The molecule has 1 aromatic heterocycles. The van der Waals surface area contributed by atoms with Gasteiger partial charge in [-0.1, -0.05) is 12.1 Å². The molecule has 0 aliphatic rings. The van der Waals surface area contributed by atoms with Crippen LogP contribution < -0.4 is 10.6 Å². The second kappa shape index (κ2) is 3.14. The molecule has 0 bridgehead atoms. The molecule has 4 heteroatoms. The molecule has 0 unspecified atom stereocenters. The van der Waals surface area contributed by atoms with Gasteiger partial charge in [0, 0.05) is 14.1 Å². The Bertz CT molecular complexity index is 516. The molecule has 0 N–H and O–H groups in total. The predicted molar refractivity (Wildman–Crippen MR) is 56.1 cm³/mol. The summed E-state index contributed by atoms with van der Waals surface area (Å²) in [5.74, 6) is 0. The zero-order chi connectivity index (χ0) is 10.1. The molecule has 0 atom stereocenters. The largest absolute Gasteiger partial charge is 0.315 e.